The molecule has 0 spiro atoms. The van der Waals surface area contributed by atoms with E-state index in [0.717, 1.165) is 27.8 Å². The van der Waals surface area contributed by atoms with Crippen LogP contribution in [0.2, 0.25) is 0 Å². The van der Waals surface area contributed by atoms with E-state index in [2.05, 4.69) is 15.9 Å². The number of benzene rings is 2. The van der Waals surface area contributed by atoms with Gasteiger partial charge >= 0.3 is 0 Å². The molecule has 0 aliphatic rings. The third-order valence-electron chi connectivity index (χ3n) is 2.73. The Bertz CT molecular complexity index is 560. The molecular weight excluding hydrogens is 309 g/mol. The van der Waals surface area contributed by atoms with E-state index in [1.54, 1.807) is 6.07 Å². The normalized spacial score (nSPS) is 10.5. The van der Waals surface area contributed by atoms with Crippen LogP contribution in [0.5, 0.6) is 5.75 Å². The van der Waals surface area contributed by atoms with Gasteiger partial charge in [0.25, 0.3) is 0 Å². The van der Waals surface area contributed by atoms with Gasteiger partial charge in [0.05, 0.1) is 0 Å². The zero-order chi connectivity index (χ0) is 13.7. The SMILES string of the molecule is NCCc1cc(OCc2cccc(F)c2)ccc1Br. The van der Waals surface area contributed by atoms with Gasteiger partial charge in [-0.3, -0.25) is 0 Å². The molecule has 4 heteroatoms. The number of hydrogen-bond donors (Lipinski definition) is 1. The molecule has 0 aromatic heterocycles. The Balaban J connectivity index is 2.05. The smallest absolute Gasteiger partial charge is 0.123 e. The standard InChI is InChI=1S/C15H15BrFNO/c16-15-5-4-14(9-12(15)6-7-18)19-10-11-2-1-3-13(17)8-11/h1-5,8-9H,6-7,10,18H2. The minimum absolute atomic E-state index is 0.249. The van der Waals surface area contributed by atoms with E-state index in [0.29, 0.717) is 13.2 Å². The summed E-state index contributed by atoms with van der Waals surface area (Å²) in [7, 11) is 0. The third kappa shape index (κ3) is 4.04. The van der Waals surface area contributed by atoms with Crippen LogP contribution < -0.4 is 10.5 Å². The van der Waals surface area contributed by atoms with E-state index in [1.165, 1.54) is 12.1 Å². The van der Waals surface area contributed by atoms with Crippen molar-refractivity contribution in [2.24, 2.45) is 5.73 Å². The molecule has 0 bridgehead atoms. The van der Waals surface area contributed by atoms with E-state index in [-0.39, 0.29) is 5.82 Å². The van der Waals surface area contributed by atoms with Crippen molar-refractivity contribution < 1.29 is 9.13 Å². The van der Waals surface area contributed by atoms with Crippen LogP contribution in [0.15, 0.2) is 46.9 Å². The predicted octanol–water partition coefficient (Wildman–Crippen LogP) is 3.67. The fourth-order valence-electron chi connectivity index (χ4n) is 1.78. The lowest BCUT2D eigenvalue weighted by Gasteiger charge is -2.09. The van der Waals surface area contributed by atoms with Gasteiger partial charge in [0, 0.05) is 4.47 Å². The number of nitrogens with two attached hydrogens (primary N) is 1. The summed E-state index contributed by atoms with van der Waals surface area (Å²) in [6.07, 6.45) is 0.789. The molecular formula is C15H15BrFNO. The zero-order valence-electron chi connectivity index (χ0n) is 10.4. The largest absolute Gasteiger partial charge is 0.489 e. The Morgan fingerprint density at radius 1 is 1.16 bits per heavy atom. The third-order valence-corrected chi connectivity index (χ3v) is 3.50. The summed E-state index contributed by atoms with van der Waals surface area (Å²) in [5, 5.41) is 0. The van der Waals surface area contributed by atoms with Crippen molar-refractivity contribution in [2.75, 3.05) is 6.54 Å². The van der Waals surface area contributed by atoms with Gasteiger partial charge < -0.3 is 10.5 Å². The first-order valence-electron chi connectivity index (χ1n) is 6.05. The summed E-state index contributed by atoms with van der Waals surface area (Å²) in [4.78, 5) is 0. The summed E-state index contributed by atoms with van der Waals surface area (Å²) in [6.45, 7) is 0.938. The monoisotopic (exact) mass is 323 g/mol. The minimum atomic E-state index is -0.249. The summed E-state index contributed by atoms with van der Waals surface area (Å²) < 4.78 is 19.7. The molecule has 0 amide bonds. The molecule has 0 radical (unpaired) electrons. The minimum Gasteiger partial charge on any atom is -0.489 e. The first-order chi connectivity index (χ1) is 9.19. The first kappa shape index (κ1) is 14.0. The maximum absolute atomic E-state index is 13.0. The van der Waals surface area contributed by atoms with Gasteiger partial charge in [0.15, 0.2) is 0 Å². The molecule has 0 aliphatic heterocycles. The zero-order valence-corrected chi connectivity index (χ0v) is 12.0. The van der Waals surface area contributed by atoms with E-state index < -0.39 is 0 Å². The van der Waals surface area contributed by atoms with Gasteiger partial charge in [0.2, 0.25) is 0 Å². The average molecular weight is 324 g/mol. The lowest BCUT2D eigenvalue weighted by molar-refractivity contribution is 0.305. The summed E-state index contributed by atoms with van der Waals surface area (Å²) in [6, 6.07) is 12.2. The maximum atomic E-state index is 13.0. The van der Waals surface area contributed by atoms with Gasteiger partial charge in [0.1, 0.15) is 18.2 Å². The van der Waals surface area contributed by atoms with Crippen LogP contribution in [0.4, 0.5) is 4.39 Å². The van der Waals surface area contributed by atoms with Gasteiger partial charge in [-0.2, -0.15) is 0 Å². The number of rotatable bonds is 5. The number of halogens is 2. The van der Waals surface area contributed by atoms with E-state index in [1.807, 2.05) is 24.3 Å². The van der Waals surface area contributed by atoms with E-state index >= 15 is 0 Å². The summed E-state index contributed by atoms with van der Waals surface area (Å²) in [5.74, 6) is 0.511. The van der Waals surface area contributed by atoms with Crippen LogP contribution in [0.1, 0.15) is 11.1 Å². The van der Waals surface area contributed by atoms with Crippen LogP contribution in [-0.4, -0.2) is 6.54 Å². The fraction of sp³-hybridized carbons (Fsp3) is 0.200. The number of hydrogen-bond acceptors (Lipinski definition) is 2. The van der Waals surface area contributed by atoms with Crippen molar-refractivity contribution in [3.63, 3.8) is 0 Å². The molecule has 0 aliphatic carbocycles. The van der Waals surface area contributed by atoms with Crippen molar-refractivity contribution in [2.45, 2.75) is 13.0 Å². The topological polar surface area (TPSA) is 35.2 Å². The first-order valence-corrected chi connectivity index (χ1v) is 6.84. The molecule has 0 fully saturated rings. The molecule has 2 aromatic carbocycles. The van der Waals surface area contributed by atoms with Crippen LogP contribution in [0, 0.1) is 5.82 Å². The molecule has 0 heterocycles. The van der Waals surface area contributed by atoms with Gasteiger partial charge in [-0.25, -0.2) is 4.39 Å². The Kier molecular flexibility index (Phi) is 4.93. The van der Waals surface area contributed by atoms with Crippen LogP contribution in [0.25, 0.3) is 0 Å². The second kappa shape index (κ2) is 6.68. The predicted molar refractivity (Wildman–Crippen MR) is 77.6 cm³/mol. The summed E-state index contributed by atoms with van der Waals surface area (Å²) >= 11 is 3.48. The molecule has 0 saturated heterocycles. The van der Waals surface area contributed by atoms with Crippen LogP contribution in [-0.2, 0) is 13.0 Å². The lowest BCUT2D eigenvalue weighted by Crippen LogP contribution is -2.04. The molecule has 2 rings (SSSR count). The molecule has 0 unspecified atom stereocenters. The van der Waals surface area contributed by atoms with Gasteiger partial charge in [-0.05, 0) is 54.4 Å². The molecule has 2 aromatic rings. The van der Waals surface area contributed by atoms with Crippen LogP contribution in [0.3, 0.4) is 0 Å². The van der Waals surface area contributed by atoms with Gasteiger partial charge in [-0.15, -0.1) is 0 Å². The highest BCUT2D eigenvalue weighted by Crippen LogP contribution is 2.23. The average Bonchev–Trinajstić information content (AvgIpc) is 2.40. The fourth-order valence-corrected chi connectivity index (χ4v) is 2.23. The van der Waals surface area contributed by atoms with Gasteiger partial charge in [-0.1, -0.05) is 28.1 Å². The quantitative estimate of drug-likeness (QED) is 0.911. The van der Waals surface area contributed by atoms with Crippen molar-refractivity contribution in [1.82, 2.24) is 0 Å². The molecule has 100 valence electrons. The number of ether oxygens (including phenoxy) is 1. The highest BCUT2D eigenvalue weighted by atomic mass is 79.9. The van der Waals surface area contributed by atoms with Crippen molar-refractivity contribution in [3.05, 3.63) is 63.9 Å². The molecule has 2 N–H and O–H groups in total. The molecule has 19 heavy (non-hydrogen) atoms. The Morgan fingerprint density at radius 2 is 2.00 bits per heavy atom. The van der Waals surface area contributed by atoms with Crippen LogP contribution >= 0.6 is 15.9 Å². The van der Waals surface area contributed by atoms with Crippen molar-refractivity contribution in [3.8, 4) is 5.75 Å². The molecule has 0 saturated carbocycles. The second-order valence-electron chi connectivity index (χ2n) is 4.21. The highest BCUT2D eigenvalue weighted by Gasteiger charge is 2.03. The lowest BCUT2D eigenvalue weighted by atomic mass is 10.1. The Hall–Kier alpha value is -1.39. The summed E-state index contributed by atoms with van der Waals surface area (Å²) in [5.41, 5.74) is 7.48. The van der Waals surface area contributed by atoms with Crippen molar-refractivity contribution in [1.29, 1.82) is 0 Å². The molecule has 2 nitrogen and oxygen atoms in total. The Labute approximate surface area is 120 Å². The highest BCUT2D eigenvalue weighted by molar-refractivity contribution is 9.10. The maximum Gasteiger partial charge on any atom is 0.123 e. The second-order valence-corrected chi connectivity index (χ2v) is 5.06. The van der Waals surface area contributed by atoms with E-state index in [9.17, 15) is 4.39 Å². The van der Waals surface area contributed by atoms with E-state index in [4.69, 9.17) is 10.5 Å². The van der Waals surface area contributed by atoms with Crippen molar-refractivity contribution >= 4 is 15.9 Å². The molecule has 0 atom stereocenters. The Morgan fingerprint density at radius 3 is 2.74 bits per heavy atom.